The van der Waals surface area contributed by atoms with Crippen LogP contribution in [0.3, 0.4) is 0 Å². The first-order valence-electron chi connectivity index (χ1n) is 4.99. The van der Waals surface area contributed by atoms with Crippen molar-refractivity contribution in [3.05, 3.63) is 0 Å². The predicted octanol–water partition coefficient (Wildman–Crippen LogP) is 1.45. The molecule has 2 N–H and O–H groups in total. The van der Waals surface area contributed by atoms with Crippen LogP contribution in [0.15, 0.2) is 0 Å². The Kier molecular flexibility index (Phi) is 8.20. The maximum atomic E-state index is 11.0. The number of carbonyl (C=O) groups is 2. The lowest BCUT2D eigenvalue weighted by Crippen LogP contribution is -2.49. The van der Waals surface area contributed by atoms with Gasteiger partial charge in [-0.25, -0.2) is 0 Å². The van der Waals surface area contributed by atoms with Crippen molar-refractivity contribution in [1.82, 2.24) is 4.90 Å². The topological polar surface area (TPSA) is 77.8 Å². The number of hydrogen-bond donors (Lipinski definition) is 2. The van der Waals surface area contributed by atoms with Gasteiger partial charge in [-0.1, -0.05) is 0 Å². The summed E-state index contributed by atoms with van der Waals surface area (Å²) in [5.74, 6) is -2.17. The van der Waals surface area contributed by atoms with E-state index in [1.165, 1.54) is 0 Å². The van der Waals surface area contributed by atoms with Crippen molar-refractivity contribution in [3.63, 3.8) is 0 Å². The van der Waals surface area contributed by atoms with Crippen LogP contribution in [0.25, 0.3) is 0 Å². The van der Waals surface area contributed by atoms with Crippen LogP contribution < -0.4 is 0 Å². The molecule has 0 radical (unpaired) electrons. The molecule has 0 fully saturated rings. The molecule has 0 aliphatic rings. The van der Waals surface area contributed by atoms with Gasteiger partial charge in [0.05, 0.1) is 6.42 Å². The Morgan fingerprint density at radius 2 is 1.44 bits per heavy atom. The molecule has 0 spiro atoms. The van der Waals surface area contributed by atoms with Crippen LogP contribution in [0.1, 0.15) is 34.1 Å². The first-order chi connectivity index (χ1) is 6.77. The van der Waals surface area contributed by atoms with Crippen molar-refractivity contribution in [2.75, 3.05) is 0 Å². The molecule has 0 heterocycles. The maximum Gasteiger partial charge on any atom is 0.321 e. The minimum Gasteiger partial charge on any atom is -0.481 e. The third-order valence-electron chi connectivity index (χ3n) is 2.21. The molecule has 0 aliphatic carbocycles. The van der Waals surface area contributed by atoms with Gasteiger partial charge >= 0.3 is 11.9 Å². The molecule has 0 aromatic rings. The van der Waals surface area contributed by atoms with E-state index in [1.807, 2.05) is 27.7 Å². The van der Waals surface area contributed by atoms with Gasteiger partial charge < -0.3 is 10.2 Å². The van der Waals surface area contributed by atoms with Gasteiger partial charge in [-0.3, -0.25) is 14.5 Å². The first kappa shape index (κ1) is 17.6. The van der Waals surface area contributed by atoms with Crippen LogP contribution in [0.4, 0.5) is 0 Å². The molecular formula is C10H20ClNO4. The fourth-order valence-electron chi connectivity index (χ4n) is 1.80. The minimum absolute atomic E-state index is 0. The number of carboxylic acids is 2. The smallest absolute Gasteiger partial charge is 0.321 e. The lowest BCUT2D eigenvalue weighted by molar-refractivity contribution is -0.151. The Morgan fingerprint density at radius 1 is 1.06 bits per heavy atom. The Balaban J connectivity index is 0. The average Bonchev–Trinajstić information content (AvgIpc) is 2.00. The van der Waals surface area contributed by atoms with E-state index in [9.17, 15) is 9.59 Å². The number of halogens is 1. The zero-order valence-corrected chi connectivity index (χ0v) is 10.8. The van der Waals surface area contributed by atoms with Gasteiger partial charge in [0.15, 0.2) is 0 Å². The van der Waals surface area contributed by atoms with E-state index >= 15 is 0 Å². The van der Waals surface area contributed by atoms with E-state index in [4.69, 9.17) is 10.2 Å². The van der Waals surface area contributed by atoms with Crippen LogP contribution in [0.5, 0.6) is 0 Å². The van der Waals surface area contributed by atoms with Gasteiger partial charge in [0.25, 0.3) is 0 Å². The molecular weight excluding hydrogens is 234 g/mol. The lowest BCUT2D eigenvalue weighted by Gasteiger charge is -2.35. The van der Waals surface area contributed by atoms with E-state index in [2.05, 4.69) is 0 Å². The van der Waals surface area contributed by atoms with Gasteiger partial charge in [-0.2, -0.15) is 0 Å². The zero-order chi connectivity index (χ0) is 12.2. The molecule has 0 unspecified atom stereocenters. The molecule has 0 saturated heterocycles. The second-order valence-electron chi connectivity index (χ2n) is 4.09. The molecule has 0 saturated carbocycles. The van der Waals surface area contributed by atoms with E-state index in [0.717, 1.165) is 0 Å². The highest BCUT2D eigenvalue weighted by Gasteiger charge is 2.31. The summed E-state index contributed by atoms with van der Waals surface area (Å²) in [4.78, 5) is 23.2. The first-order valence-corrected chi connectivity index (χ1v) is 4.99. The minimum atomic E-state index is -1.09. The van der Waals surface area contributed by atoms with Crippen molar-refractivity contribution in [1.29, 1.82) is 0 Å². The fourth-order valence-corrected chi connectivity index (χ4v) is 1.80. The number of carboxylic acid groups (broad SMARTS) is 2. The zero-order valence-electron chi connectivity index (χ0n) is 10.0. The van der Waals surface area contributed by atoms with Crippen molar-refractivity contribution in [3.8, 4) is 0 Å². The molecule has 0 amide bonds. The van der Waals surface area contributed by atoms with Gasteiger partial charge in [0, 0.05) is 12.1 Å². The number of hydrogen-bond acceptors (Lipinski definition) is 3. The van der Waals surface area contributed by atoms with E-state index in [0.29, 0.717) is 0 Å². The third-order valence-corrected chi connectivity index (χ3v) is 2.21. The molecule has 0 aliphatic heterocycles. The molecule has 0 rings (SSSR count). The van der Waals surface area contributed by atoms with Gasteiger partial charge in [-0.05, 0) is 27.7 Å². The summed E-state index contributed by atoms with van der Waals surface area (Å²) < 4.78 is 0. The molecule has 5 nitrogen and oxygen atoms in total. The molecule has 6 heteroatoms. The summed E-state index contributed by atoms with van der Waals surface area (Å²) >= 11 is 0. The van der Waals surface area contributed by atoms with Gasteiger partial charge in [0.2, 0.25) is 0 Å². The molecule has 0 aromatic heterocycles. The van der Waals surface area contributed by atoms with Gasteiger partial charge in [-0.15, -0.1) is 12.4 Å². The lowest BCUT2D eigenvalue weighted by atomic mass is 10.1. The summed E-state index contributed by atoms with van der Waals surface area (Å²) in [5, 5.41) is 17.6. The Labute approximate surface area is 102 Å². The standard InChI is InChI=1S/C10H19NO4.ClH/c1-6(2)11(7(3)4)8(10(14)15)5-9(12)13;/h6-8H,5H2,1-4H3,(H,12,13)(H,14,15);1H/t8-;/m0./s1. The normalized spacial score (nSPS) is 12.7. The summed E-state index contributed by atoms with van der Waals surface area (Å²) in [5.41, 5.74) is 0. The Bertz CT molecular complexity index is 235. The fraction of sp³-hybridized carbons (Fsp3) is 0.800. The summed E-state index contributed by atoms with van der Waals surface area (Å²) in [6.45, 7) is 7.44. The second-order valence-corrected chi connectivity index (χ2v) is 4.09. The molecule has 96 valence electrons. The van der Waals surface area contributed by atoms with Crippen molar-refractivity contribution in [2.24, 2.45) is 0 Å². The quantitative estimate of drug-likeness (QED) is 0.749. The third kappa shape index (κ3) is 5.32. The highest BCUT2D eigenvalue weighted by molar-refractivity contribution is 5.85. The van der Waals surface area contributed by atoms with Crippen LogP contribution >= 0.6 is 12.4 Å². The van der Waals surface area contributed by atoms with Crippen molar-refractivity contribution < 1.29 is 19.8 Å². The highest BCUT2D eigenvalue weighted by atomic mass is 35.5. The summed E-state index contributed by atoms with van der Waals surface area (Å²) in [6.07, 6.45) is -0.369. The number of rotatable bonds is 6. The van der Waals surface area contributed by atoms with E-state index in [1.54, 1.807) is 4.90 Å². The van der Waals surface area contributed by atoms with E-state index < -0.39 is 18.0 Å². The molecule has 0 bridgehead atoms. The second kappa shape index (κ2) is 7.46. The predicted molar refractivity (Wildman–Crippen MR) is 63.0 cm³/mol. The number of aliphatic carboxylic acids is 2. The van der Waals surface area contributed by atoms with Crippen molar-refractivity contribution >= 4 is 24.3 Å². The monoisotopic (exact) mass is 253 g/mol. The van der Waals surface area contributed by atoms with E-state index in [-0.39, 0.29) is 30.9 Å². The molecule has 1 atom stereocenters. The Morgan fingerprint density at radius 3 is 1.62 bits per heavy atom. The van der Waals surface area contributed by atoms with Crippen molar-refractivity contribution in [2.45, 2.75) is 52.2 Å². The number of nitrogens with zero attached hydrogens (tertiary/aromatic N) is 1. The maximum absolute atomic E-state index is 11.0. The Hall–Kier alpha value is -0.810. The van der Waals surface area contributed by atoms with Gasteiger partial charge in [0.1, 0.15) is 6.04 Å². The van der Waals surface area contributed by atoms with Crippen LogP contribution in [0.2, 0.25) is 0 Å². The summed E-state index contributed by atoms with van der Waals surface area (Å²) in [7, 11) is 0. The largest absolute Gasteiger partial charge is 0.481 e. The summed E-state index contributed by atoms with van der Waals surface area (Å²) in [6, 6.07) is -0.946. The SMILES string of the molecule is CC(C)N(C(C)C)[C@@H](CC(=O)O)C(=O)O.Cl. The molecule has 16 heavy (non-hydrogen) atoms. The average molecular weight is 254 g/mol. The van der Waals surface area contributed by atoms with Crippen LogP contribution in [-0.2, 0) is 9.59 Å². The van der Waals surface area contributed by atoms with Crippen LogP contribution in [-0.4, -0.2) is 45.2 Å². The highest BCUT2D eigenvalue weighted by Crippen LogP contribution is 2.14. The van der Waals surface area contributed by atoms with Crippen LogP contribution in [0, 0.1) is 0 Å². The molecule has 0 aromatic carbocycles.